The fourth-order valence-corrected chi connectivity index (χ4v) is 4.37. The number of aromatic nitrogens is 2. The number of imidazole rings is 1. The van der Waals surface area contributed by atoms with Crippen molar-refractivity contribution in [3.05, 3.63) is 36.3 Å². The highest BCUT2D eigenvalue weighted by Crippen LogP contribution is 2.17. The Labute approximate surface area is 112 Å². The summed E-state index contributed by atoms with van der Waals surface area (Å²) in [5.74, 6) is 0.917. The van der Waals surface area contributed by atoms with Crippen LogP contribution in [0, 0.1) is 5.92 Å². The van der Waals surface area contributed by atoms with E-state index < -0.39 is 9.84 Å². The second-order valence-electron chi connectivity index (χ2n) is 5.10. The topological polar surface area (TPSA) is 63.5 Å². The molecule has 6 heteroatoms. The molecule has 5 nitrogen and oxygen atoms in total. The van der Waals surface area contributed by atoms with E-state index in [1.54, 1.807) is 0 Å². The second kappa shape index (κ2) is 4.94. The van der Waals surface area contributed by atoms with Crippen molar-refractivity contribution in [1.82, 2.24) is 14.7 Å². The van der Waals surface area contributed by atoms with E-state index in [9.17, 15) is 8.42 Å². The Morgan fingerprint density at radius 3 is 3.05 bits per heavy atom. The van der Waals surface area contributed by atoms with E-state index in [0.29, 0.717) is 18.1 Å². The zero-order chi connectivity index (χ0) is 13.3. The van der Waals surface area contributed by atoms with Gasteiger partial charge in [0.15, 0.2) is 9.84 Å². The minimum absolute atomic E-state index is 0.252. The smallest absolute Gasteiger partial charge is 0.150 e. The molecule has 0 aromatic carbocycles. The summed E-state index contributed by atoms with van der Waals surface area (Å²) in [7, 11) is -2.77. The molecule has 0 aliphatic carbocycles. The van der Waals surface area contributed by atoms with Gasteiger partial charge in [0.2, 0.25) is 0 Å². The number of pyridine rings is 1. The molecule has 3 rings (SSSR count). The van der Waals surface area contributed by atoms with Gasteiger partial charge in [0.05, 0.1) is 17.2 Å². The first kappa shape index (κ1) is 12.6. The summed E-state index contributed by atoms with van der Waals surface area (Å²) in [6.07, 6.45) is 4.74. The third kappa shape index (κ3) is 2.96. The van der Waals surface area contributed by atoms with E-state index in [1.165, 1.54) is 0 Å². The van der Waals surface area contributed by atoms with Gasteiger partial charge < -0.3 is 9.72 Å². The molecule has 1 aliphatic rings. The maximum atomic E-state index is 11.3. The molecule has 2 aromatic rings. The van der Waals surface area contributed by atoms with Crippen molar-refractivity contribution < 1.29 is 8.42 Å². The Kier molecular flexibility index (Phi) is 3.28. The molecular weight excluding hydrogens is 262 g/mol. The van der Waals surface area contributed by atoms with Gasteiger partial charge in [-0.05, 0) is 31.0 Å². The molecule has 1 N–H and O–H groups in total. The normalized spacial score (nSPS) is 22.0. The van der Waals surface area contributed by atoms with Gasteiger partial charge in [-0.15, -0.1) is 0 Å². The van der Waals surface area contributed by atoms with Crippen LogP contribution in [0.2, 0.25) is 0 Å². The number of sulfone groups is 1. The second-order valence-corrected chi connectivity index (χ2v) is 7.33. The molecule has 3 heterocycles. The van der Waals surface area contributed by atoms with Gasteiger partial charge in [0.25, 0.3) is 0 Å². The van der Waals surface area contributed by atoms with Crippen LogP contribution in [0.3, 0.4) is 0 Å². The predicted octanol–water partition coefficient (Wildman–Crippen LogP) is 0.859. The van der Waals surface area contributed by atoms with E-state index in [0.717, 1.165) is 24.3 Å². The zero-order valence-corrected chi connectivity index (χ0v) is 11.4. The maximum Gasteiger partial charge on any atom is 0.150 e. The molecule has 102 valence electrons. The van der Waals surface area contributed by atoms with E-state index in [1.807, 2.05) is 35.0 Å². The van der Waals surface area contributed by atoms with Crippen LogP contribution in [0.1, 0.15) is 12.1 Å². The summed E-state index contributed by atoms with van der Waals surface area (Å²) < 4.78 is 24.7. The molecule has 0 radical (unpaired) electrons. The maximum absolute atomic E-state index is 11.3. The Balaban J connectivity index is 1.55. The summed E-state index contributed by atoms with van der Waals surface area (Å²) in [4.78, 5) is 4.49. The first-order valence-corrected chi connectivity index (χ1v) is 8.28. The van der Waals surface area contributed by atoms with Crippen molar-refractivity contribution in [2.24, 2.45) is 5.92 Å². The molecule has 19 heavy (non-hydrogen) atoms. The SMILES string of the molecule is O=S1(=O)CCC(CNCc2cn3ccccc3n2)C1. The van der Waals surface area contributed by atoms with Crippen LogP contribution in [0.4, 0.5) is 0 Å². The Bertz CT molecular complexity index is 645. The van der Waals surface area contributed by atoms with E-state index in [-0.39, 0.29) is 5.92 Å². The zero-order valence-electron chi connectivity index (χ0n) is 10.6. The Hall–Kier alpha value is -1.40. The van der Waals surface area contributed by atoms with Crippen LogP contribution >= 0.6 is 0 Å². The van der Waals surface area contributed by atoms with Crippen LogP contribution in [0.15, 0.2) is 30.6 Å². The highest BCUT2D eigenvalue weighted by Gasteiger charge is 2.27. The first-order chi connectivity index (χ1) is 9.12. The lowest BCUT2D eigenvalue weighted by atomic mass is 10.1. The number of hydrogen-bond acceptors (Lipinski definition) is 4. The molecule has 1 saturated heterocycles. The quantitative estimate of drug-likeness (QED) is 0.901. The van der Waals surface area contributed by atoms with Crippen LogP contribution in [0.25, 0.3) is 5.65 Å². The monoisotopic (exact) mass is 279 g/mol. The van der Waals surface area contributed by atoms with Gasteiger partial charge in [0.1, 0.15) is 5.65 Å². The number of nitrogens with one attached hydrogen (secondary N) is 1. The van der Waals surface area contributed by atoms with Crippen LogP contribution in [-0.2, 0) is 16.4 Å². The Morgan fingerprint density at radius 1 is 1.42 bits per heavy atom. The lowest BCUT2D eigenvalue weighted by Crippen LogP contribution is -2.23. The fraction of sp³-hybridized carbons (Fsp3) is 0.462. The summed E-state index contributed by atoms with van der Waals surface area (Å²) in [6, 6.07) is 5.89. The average molecular weight is 279 g/mol. The number of hydrogen-bond donors (Lipinski definition) is 1. The molecule has 1 unspecified atom stereocenters. The average Bonchev–Trinajstić information content (AvgIpc) is 2.92. The summed E-state index contributed by atoms with van der Waals surface area (Å²) >= 11 is 0. The molecule has 0 bridgehead atoms. The van der Waals surface area contributed by atoms with Gasteiger partial charge in [-0.25, -0.2) is 13.4 Å². The molecule has 0 amide bonds. The van der Waals surface area contributed by atoms with Crippen molar-refractivity contribution in [3.63, 3.8) is 0 Å². The van der Waals surface area contributed by atoms with Crippen molar-refractivity contribution in [2.75, 3.05) is 18.1 Å². The summed E-state index contributed by atoms with van der Waals surface area (Å²) in [5.41, 5.74) is 1.91. The van der Waals surface area contributed by atoms with Gasteiger partial charge >= 0.3 is 0 Å². The van der Waals surface area contributed by atoms with E-state index in [2.05, 4.69) is 10.3 Å². The summed E-state index contributed by atoms with van der Waals surface area (Å²) in [6.45, 7) is 1.42. The van der Waals surface area contributed by atoms with E-state index >= 15 is 0 Å². The largest absolute Gasteiger partial charge is 0.311 e. The van der Waals surface area contributed by atoms with Crippen molar-refractivity contribution in [1.29, 1.82) is 0 Å². The lowest BCUT2D eigenvalue weighted by molar-refractivity contribution is 0.518. The molecule has 0 saturated carbocycles. The number of rotatable bonds is 4. The van der Waals surface area contributed by atoms with Crippen LogP contribution < -0.4 is 5.32 Å². The molecule has 2 aromatic heterocycles. The fourth-order valence-electron chi connectivity index (χ4n) is 2.51. The molecule has 0 spiro atoms. The minimum Gasteiger partial charge on any atom is -0.311 e. The first-order valence-electron chi connectivity index (χ1n) is 6.46. The van der Waals surface area contributed by atoms with Crippen LogP contribution in [0.5, 0.6) is 0 Å². The number of fused-ring (bicyclic) bond motifs is 1. The summed E-state index contributed by atoms with van der Waals surface area (Å²) in [5, 5.41) is 3.30. The molecular formula is C13H17N3O2S. The van der Waals surface area contributed by atoms with Gasteiger partial charge in [0, 0.05) is 18.9 Å². The van der Waals surface area contributed by atoms with Gasteiger partial charge in [-0.3, -0.25) is 0 Å². The highest BCUT2D eigenvalue weighted by atomic mass is 32.2. The lowest BCUT2D eigenvalue weighted by Gasteiger charge is -2.07. The van der Waals surface area contributed by atoms with E-state index in [4.69, 9.17) is 0 Å². The third-order valence-electron chi connectivity index (χ3n) is 3.48. The molecule has 1 atom stereocenters. The Morgan fingerprint density at radius 2 is 2.32 bits per heavy atom. The van der Waals surface area contributed by atoms with Gasteiger partial charge in [-0.1, -0.05) is 6.07 Å². The third-order valence-corrected chi connectivity index (χ3v) is 5.32. The van der Waals surface area contributed by atoms with Gasteiger partial charge in [-0.2, -0.15) is 0 Å². The standard InChI is InChI=1S/C13H17N3O2S/c17-19(18)6-4-11(10-19)7-14-8-12-9-16-5-2-1-3-13(16)15-12/h1-3,5,9,11,14H,4,6-8,10H2. The molecule has 1 aliphatic heterocycles. The van der Waals surface area contributed by atoms with Crippen molar-refractivity contribution in [2.45, 2.75) is 13.0 Å². The number of nitrogens with zero attached hydrogens (tertiary/aromatic N) is 2. The van der Waals surface area contributed by atoms with Crippen molar-refractivity contribution in [3.8, 4) is 0 Å². The van der Waals surface area contributed by atoms with Crippen molar-refractivity contribution >= 4 is 15.5 Å². The molecule has 1 fully saturated rings. The highest BCUT2D eigenvalue weighted by molar-refractivity contribution is 7.91. The predicted molar refractivity (Wildman–Crippen MR) is 73.7 cm³/mol. The van der Waals surface area contributed by atoms with Crippen LogP contribution in [-0.4, -0.2) is 35.9 Å². The minimum atomic E-state index is -2.77.